The summed E-state index contributed by atoms with van der Waals surface area (Å²) in [5.74, 6) is -1.75. The minimum atomic E-state index is -1.82. The van der Waals surface area contributed by atoms with E-state index in [1.165, 1.54) is 6.42 Å². The van der Waals surface area contributed by atoms with E-state index >= 15 is 0 Å². The van der Waals surface area contributed by atoms with Crippen LogP contribution in [0.2, 0.25) is 0 Å². The predicted molar refractivity (Wildman–Crippen MR) is 113 cm³/mol. The molecule has 2 saturated heterocycles. The number of carboxylic acids is 2. The van der Waals surface area contributed by atoms with E-state index in [0.29, 0.717) is 24.1 Å². The molecule has 1 aromatic carbocycles. The number of phenolic OH excluding ortho intramolecular Hbond substituents is 1. The normalized spacial score (nSPS) is 19.8. The van der Waals surface area contributed by atoms with Crippen molar-refractivity contribution in [2.45, 2.75) is 39.2 Å². The van der Waals surface area contributed by atoms with Gasteiger partial charge in [-0.05, 0) is 50.8 Å². The van der Waals surface area contributed by atoms with Crippen molar-refractivity contribution in [3.05, 3.63) is 23.8 Å². The topological polar surface area (TPSA) is 128 Å². The van der Waals surface area contributed by atoms with Gasteiger partial charge in [-0.25, -0.2) is 9.59 Å². The van der Waals surface area contributed by atoms with Gasteiger partial charge >= 0.3 is 11.9 Å². The Bertz CT molecular complexity index is 763. The van der Waals surface area contributed by atoms with Gasteiger partial charge in [-0.3, -0.25) is 9.69 Å². The zero-order chi connectivity index (χ0) is 23.0. The number of aliphatic carboxylic acids is 2. The van der Waals surface area contributed by atoms with Crippen LogP contribution >= 0.6 is 0 Å². The molecule has 9 heteroatoms. The predicted octanol–water partition coefficient (Wildman–Crippen LogP) is 2.03. The van der Waals surface area contributed by atoms with Gasteiger partial charge in [-0.15, -0.1) is 0 Å². The lowest BCUT2D eigenvalue weighted by Gasteiger charge is -2.37. The van der Waals surface area contributed by atoms with E-state index < -0.39 is 11.9 Å². The number of carbonyl (C=O) groups is 3. The third-order valence-corrected chi connectivity index (χ3v) is 5.78. The molecule has 9 nitrogen and oxygen atoms in total. The summed E-state index contributed by atoms with van der Waals surface area (Å²) < 4.78 is 5.18. The number of para-hydroxylation sites is 1. The van der Waals surface area contributed by atoms with E-state index in [0.717, 1.165) is 51.0 Å². The minimum absolute atomic E-state index is 0.167. The number of ether oxygens (including phenoxy) is 1. The standard InChI is InChI=1S/C20H30N2O3.C2H2O4/c1-15-5-4-10-22(13-15)20(24)16-8-11-21(12-9-16)14-17-6-3-7-18(25-2)19(17)23;3-1(4)2(5)6/h3,6-7,15-16,23H,4-5,8-14H2,1-2H3;(H,3,4)(H,5,6). The summed E-state index contributed by atoms with van der Waals surface area (Å²) >= 11 is 0. The first-order valence-corrected chi connectivity index (χ1v) is 10.5. The maximum Gasteiger partial charge on any atom is 0.414 e. The van der Waals surface area contributed by atoms with E-state index in [1.54, 1.807) is 13.2 Å². The molecule has 31 heavy (non-hydrogen) atoms. The van der Waals surface area contributed by atoms with E-state index in [-0.39, 0.29) is 11.7 Å². The Morgan fingerprint density at radius 3 is 2.26 bits per heavy atom. The highest BCUT2D eigenvalue weighted by molar-refractivity contribution is 6.27. The zero-order valence-corrected chi connectivity index (χ0v) is 18.1. The first kappa shape index (κ1) is 24.5. The molecule has 1 unspecified atom stereocenters. The van der Waals surface area contributed by atoms with Crippen LogP contribution in [0.25, 0.3) is 0 Å². The quantitative estimate of drug-likeness (QED) is 0.612. The van der Waals surface area contributed by atoms with E-state index in [9.17, 15) is 9.90 Å². The zero-order valence-electron chi connectivity index (χ0n) is 18.1. The summed E-state index contributed by atoms with van der Waals surface area (Å²) in [5.41, 5.74) is 0.883. The number of benzene rings is 1. The number of amides is 1. The highest BCUT2D eigenvalue weighted by atomic mass is 16.5. The monoisotopic (exact) mass is 436 g/mol. The van der Waals surface area contributed by atoms with Crippen LogP contribution in [0.15, 0.2) is 18.2 Å². The van der Waals surface area contributed by atoms with Gasteiger partial charge in [-0.2, -0.15) is 0 Å². The number of likely N-dealkylation sites (tertiary alicyclic amines) is 2. The average Bonchev–Trinajstić information content (AvgIpc) is 2.75. The Balaban J connectivity index is 0.000000501. The molecule has 3 rings (SSSR count). The molecule has 1 atom stereocenters. The fourth-order valence-corrected chi connectivity index (χ4v) is 4.09. The highest BCUT2D eigenvalue weighted by Crippen LogP contribution is 2.31. The molecule has 0 saturated carbocycles. The molecule has 3 N–H and O–H groups in total. The Kier molecular flexibility index (Phi) is 9.11. The SMILES string of the molecule is COc1cccc(CN2CCC(C(=O)N3CCCC(C)C3)CC2)c1O.O=C(O)C(=O)O. The number of carboxylic acid groups (broad SMARTS) is 2. The van der Waals surface area contributed by atoms with Crippen molar-refractivity contribution in [3.8, 4) is 11.5 Å². The minimum Gasteiger partial charge on any atom is -0.504 e. The molecule has 0 aliphatic carbocycles. The lowest BCUT2D eigenvalue weighted by Crippen LogP contribution is -2.45. The van der Waals surface area contributed by atoms with Gasteiger partial charge in [0.1, 0.15) is 0 Å². The second kappa shape index (κ2) is 11.5. The number of rotatable bonds is 4. The van der Waals surface area contributed by atoms with Crippen molar-refractivity contribution < 1.29 is 34.4 Å². The van der Waals surface area contributed by atoms with Crippen LogP contribution in [0.1, 0.15) is 38.2 Å². The summed E-state index contributed by atoms with van der Waals surface area (Å²) in [7, 11) is 1.57. The Labute approximate surface area is 182 Å². The van der Waals surface area contributed by atoms with Crippen molar-refractivity contribution >= 4 is 17.8 Å². The molecule has 1 aromatic rings. The lowest BCUT2D eigenvalue weighted by molar-refractivity contribution is -0.159. The van der Waals surface area contributed by atoms with Crippen molar-refractivity contribution in [1.82, 2.24) is 9.80 Å². The molecule has 172 valence electrons. The van der Waals surface area contributed by atoms with Crippen molar-refractivity contribution in [2.24, 2.45) is 11.8 Å². The van der Waals surface area contributed by atoms with E-state index in [1.807, 2.05) is 12.1 Å². The second-order valence-corrected chi connectivity index (χ2v) is 8.16. The van der Waals surface area contributed by atoms with Gasteiger partial charge in [0.2, 0.25) is 5.91 Å². The van der Waals surface area contributed by atoms with Crippen LogP contribution in [0.5, 0.6) is 11.5 Å². The van der Waals surface area contributed by atoms with Gasteiger partial charge < -0.3 is 25.0 Å². The molecule has 2 aliphatic heterocycles. The molecule has 2 aliphatic rings. The maximum atomic E-state index is 12.8. The smallest absolute Gasteiger partial charge is 0.414 e. The number of hydrogen-bond acceptors (Lipinski definition) is 6. The van der Waals surface area contributed by atoms with Gasteiger partial charge in [0, 0.05) is 31.1 Å². The first-order valence-electron chi connectivity index (χ1n) is 10.5. The number of aromatic hydroxyl groups is 1. The Morgan fingerprint density at radius 2 is 1.71 bits per heavy atom. The van der Waals surface area contributed by atoms with Gasteiger partial charge in [0.15, 0.2) is 11.5 Å². The van der Waals surface area contributed by atoms with Crippen LogP contribution in [-0.2, 0) is 20.9 Å². The number of nitrogens with zero attached hydrogens (tertiary/aromatic N) is 2. The van der Waals surface area contributed by atoms with E-state index in [4.69, 9.17) is 24.5 Å². The molecule has 0 radical (unpaired) electrons. The molecule has 2 fully saturated rings. The van der Waals surface area contributed by atoms with Crippen LogP contribution < -0.4 is 4.74 Å². The molecule has 0 aromatic heterocycles. The third kappa shape index (κ3) is 7.13. The number of carbonyl (C=O) groups excluding carboxylic acids is 1. The lowest BCUT2D eigenvalue weighted by atomic mass is 9.92. The first-order chi connectivity index (χ1) is 14.7. The third-order valence-electron chi connectivity index (χ3n) is 5.78. The van der Waals surface area contributed by atoms with Gasteiger partial charge in [0.05, 0.1) is 7.11 Å². The number of piperidine rings is 2. The van der Waals surface area contributed by atoms with Gasteiger partial charge in [0.25, 0.3) is 0 Å². The number of phenols is 1. The van der Waals surface area contributed by atoms with Crippen molar-refractivity contribution in [1.29, 1.82) is 0 Å². The van der Waals surface area contributed by atoms with Crippen LogP contribution in [0.4, 0.5) is 0 Å². The maximum absolute atomic E-state index is 12.8. The molecule has 1 amide bonds. The van der Waals surface area contributed by atoms with Gasteiger partial charge in [-0.1, -0.05) is 19.1 Å². The molecule has 2 heterocycles. The van der Waals surface area contributed by atoms with Crippen LogP contribution in [-0.4, -0.2) is 76.3 Å². The summed E-state index contributed by atoms with van der Waals surface area (Å²) in [5, 5.41) is 25.0. The highest BCUT2D eigenvalue weighted by Gasteiger charge is 2.30. The Hall–Kier alpha value is -2.81. The van der Waals surface area contributed by atoms with Crippen LogP contribution in [0.3, 0.4) is 0 Å². The molecule has 0 spiro atoms. The summed E-state index contributed by atoms with van der Waals surface area (Å²) in [4.78, 5) is 35.4. The second-order valence-electron chi connectivity index (χ2n) is 8.16. The summed E-state index contributed by atoms with van der Waals surface area (Å²) in [6, 6.07) is 5.61. The number of methoxy groups -OCH3 is 1. The van der Waals surface area contributed by atoms with Crippen molar-refractivity contribution in [2.75, 3.05) is 33.3 Å². The molecular weight excluding hydrogens is 404 g/mol. The van der Waals surface area contributed by atoms with E-state index in [2.05, 4.69) is 16.7 Å². The number of hydrogen-bond donors (Lipinski definition) is 3. The molecular formula is C22H32N2O7. The molecule has 0 bridgehead atoms. The average molecular weight is 437 g/mol. The fraction of sp³-hybridized carbons (Fsp3) is 0.591. The summed E-state index contributed by atoms with van der Waals surface area (Å²) in [6.07, 6.45) is 4.20. The van der Waals surface area contributed by atoms with Crippen LogP contribution in [0, 0.1) is 11.8 Å². The van der Waals surface area contributed by atoms with Crippen molar-refractivity contribution in [3.63, 3.8) is 0 Å². The fourth-order valence-electron chi connectivity index (χ4n) is 4.09. The Morgan fingerprint density at radius 1 is 1.06 bits per heavy atom. The largest absolute Gasteiger partial charge is 0.504 e. The summed E-state index contributed by atoms with van der Waals surface area (Å²) in [6.45, 7) is 6.60.